The molecule has 3 heterocycles. The lowest BCUT2D eigenvalue weighted by Crippen LogP contribution is -2.25. The van der Waals surface area contributed by atoms with Gasteiger partial charge in [-0.2, -0.15) is 16.9 Å². The molecule has 10 heteroatoms. The molecule has 3 rings (SSSR count). The molecule has 0 spiro atoms. The summed E-state index contributed by atoms with van der Waals surface area (Å²) in [6.07, 6.45) is 1.62. The molecule has 3 aromatic heterocycles. The molecule has 0 radical (unpaired) electrons. The quantitative estimate of drug-likeness (QED) is 0.565. The van der Waals surface area contributed by atoms with Crippen LogP contribution in [-0.4, -0.2) is 30.9 Å². The van der Waals surface area contributed by atoms with Crippen molar-refractivity contribution in [3.8, 4) is 10.6 Å². The molecule has 2 N–H and O–H groups in total. The lowest BCUT2D eigenvalue weighted by molar-refractivity contribution is 0.530. The second-order valence-corrected chi connectivity index (χ2v) is 9.14. The van der Waals surface area contributed by atoms with Gasteiger partial charge in [0.1, 0.15) is 15.7 Å². The molecule has 0 saturated heterocycles. The Balaban J connectivity index is 1.55. The van der Waals surface area contributed by atoms with Crippen LogP contribution >= 0.6 is 23.1 Å². The first-order valence-corrected chi connectivity index (χ1v) is 10.8. The van der Waals surface area contributed by atoms with Crippen LogP contribution in [0.15, 0.2) is 56.1 Å². The van der Waals surface area contributed by atoms with Crippen molar-refractivity contribution in [3.63, 3.8) is 0 Å². The SMILES string of the molecule is O=c1ccc(-c2ccc(S(=O)(=O)NCCSCc3ccco3)s2)n[nH]1. The number of thiophene rings is 1. The Hall–Kier alpha value is -1.88. The van der Waals surface area contributed by atoms with Crippen LogP contribution in [0.1, 0.15) is 5.76 Å². The highest BCUT2D eigenvalue weighted by Crippen LogP contribution is 2.28. The molecule has 0 unspecified atom stereocenters. The number of furan rings is 1. The molecule has 0 aliphatic carbocycles. The smallest absolute Gasteiger partial charge is 0.264 e. The van der Waals surface area contributed by atoms with Gasteiger partial charge in [-0.25, -0.2) is 18.2 Å². The van der Waals surface area contributed by atoms with Crippen molar-refractivity contribution in [1.29, 1.82) is 0 Å². The second kappa shape index (κ2) is 8.00. The maximum Gasteiger partial charge on any atom is 0.264 e. The van der Waals surface area contributed by atoms with Gasteiger partial charge in [0.15, 0.2) is 0 Å². The highest BCUT2D eigenvalue weighted by atomic mass is 32.2. The summed E-state index contributed by atoms with van der Waals surface area (Å²) in [5, 5.41) is 6.23. The molecule has 132 valence electrons. The van der Waals surface area contributed by atoms with Crippen molar-refractivity contribution in [2.45, 2.75) is 9.96 Å². The van der Waals surface area contributed by atoms with Gasteiger partial charge in [0.05, 0.1) is 16.9 Å². The van der Waals surface area contributed by atoms with Crippen molar-refractivity contribution >= 4 is 33.1 Å². The number of aromatic amines is 1. The van der Waals surface area contributed by atoms with Crippen molar-refractivity contribution in [2.24, 2.45) is 0 Å². The van der Waals surface area contributed by atoms with E-state index in [1.165, 1.54) is 12.1 Å². The summed E-state index contributed by atoms with van der Waals surface area (Å²) in [6.45, 7) is 0.331. The summed E-state index contributed by atoms with van der Waals surface area (Å²) in [4.78, 5) is 11.7. The molecule has 0 bridgehead atoms. The van der Waals surface area contributed by atoms with Crippen LogP contribution in [0.2, 0.25) is 0 Å². The fourth-order valence-corrected chi connectivity index (χ4v) is 5.21. The maximum absolute atomic E-state index is 12.3. The maximum atomic E-state index is 12.3. The van der Waals surface area contributed by atoms with Gasteiger partial charge >= 0.3 is 0 Å². The normalized spacial score (nSPS) is 11.7. The predicted molar refractivity (Wildman–Crippen MR) is 98.2 cm³/mol. The molecule has 0 atom stereocenters. The summed E-state index contributed by atoms with van der Waals surface area (Å²) in [5.41, 5.74) is 0.224. The van der Waals surface area contributed by atoms with Crippen LogP contribution in [0.25, 0.3) is 10.6 Å². The van der Waals surface area contributed by atoms with E-state index in [0.29, 0.717) is 28.6 Å². The Morgan fingerprint density at radius 1 is 1.24 bits per heavy atom. The summed E-state index contributed by atoms with van der Waals surface area (Å²) in [5.74, 6) is 2.21. The van der Waals surface area contributed by atoms with Crippen molar-refractivity contribution < 1.29 is 12.8 Å². The first-order chi connectivity index (χ1) is 12.0. The fraction of sp³-hybridized carbons (Fsp3) is 0.200. The highest BCUT2D eigenvalue weighted by molar-refractivity contribution is 7.98. The molecule has 0 amide bonds. The number of sulfonamides is 1. The molecule has 0 saturated carbocycles. The molecule has 0 aromatic carbocycles. The lowest BCUT2D eigenvalue weighted by Gasteiger charge is -2.04. The zero-order valence-corrected chi connectivity index (χ0v) is 15.4. The van der Waals surface area contributed by atoms with Gasteiger partial charge in [-0.05, 0) is 30.3 Å². The van der Waals surface area contributed by atoms with E-state index >= 15 is 0 Å². The van der Waals surface area contributed by atoms with Gasteiger partial charge in [-0.15, -0.1) is 11.3 Å². The highest BCUT2D eigenvalue weighted by Gasteiger charge is 2.17. The van der Waals surface area contributed by atoms with Crippen LogP contribution < -0.4 is 10.3 Å². The molecule has 3 aromatic rings. The van der Waals surface area contributed by atoms with Crippen LogP contribution in [0.5, 0.6) is 0 Å². The average Bonchev–Trinajstić information content (AvgIpc) is 3.27. The minimum absolute atomic E-state index is 0.214. The summed E-state index contributed by atoms with van der Waals surface area (Å²) in [6, 6.07) is 9.82. The first-order valence-electron chi connectivity index (χ1n) is 7.30. The Morgan fingerprint density at radius 2 is 2.12 bits per heavy atom. The number of nitrogens with zero attached hydrogens (tertiary/aromatic N) is 1. The Kier molecular flexibility index (Phi) is 5.74. The van der Waals surface area contributed by atoms with E-state index < -0.39 is 10.0 Å². The monoisotopic (exact) mass is 397 g/mol. The topological polar surface area (TPSA) is 105 Å². The van der Waals surface area contributed by atoms with Crippen LogP contribution in [0, 0.1) is 0 Å². The van der Waals surface area contributed by atoms with Gasteiger partial charge in [0.2, 0.25) is 10.0 Å². The van der Waals surface area contributed by atoms with Crippen molar-refractivity contribution in [1.82, 2.24) is 14.9 Å². The molecule has 7 nitrogen and oxygen atoms in total. The minimum Gasteiger partial charge on any atom is -0.468 e. The largest absolute Gasteiger partial charge is 0.468 e. The molecule has 25 heavy (non-hydrogen) atoms. The van der Waals surface area contributed by atoms with E-state index in [1.807, 2.05) is 12.1 Å². The van der Waals surface area contributed by atoms with Gasteiger partial charge in [0.25, 0.3) is 5.56 Å². The zero-order chi connectivity index (χ0) is 17.7. The molecule has 0 fully saturated rings. The Morgan fingerprint density at radius 3 is 2.84 bits per heavy atom. The van der Waals surface area contributed by atoms with Crippen LogP contribution in [-0.2, 0) is 15.8 Å². The number of hydrogen-bond acceptors (Lipinski definition) is 7. The summed E-state index contributed by atoms with van der Waals surface area (Å²) >= 11 is 2.69. The van der Waals surface area contributed by atoms with Crippen molar-refractivity contribution in [2.75, 3.05) is 12.3 Å². The number of hydrogen-bond donors (Lipinski definition) is 2. The Labute approximate surface area is 152 Å². The van der Waals surface area contributed by atoms with Crippen LogP contribution in [0.3, 0.4) is 0 Å². The van der Waals surface area contributed by atoms with Gasteiger partial charge < -0.3 is 4.42 Å². The van der Waals surface area contributed by atoms with Crippen LogP contribution in [0.4, 0.5) is 0 Å². The second-order valence-electron chi connectivity index (χ2n) is 4.95. The molecule has 0 aliphatic heterocycles. The van der Waals surface area contributed by atoms with E-state index in [9.17, 15) is 13.2 Å². The van der Waals surface area contributed by atoms with Gasteiger partial charge in [-0.3, -0.25) is 4.79 Å². The summed E-state index contributed by atoms with van der Waals surface area (Å²) < 4.78 is 32.6. The average molecular weight is 398 g/mol. The van der Waals surface area contributed by atoms with E-state index in [-0.39, 0.29) is 9.77 Å². The number of rotatable bonds is 8. The number of H-pyrrole nitrogens is 1. The standard InChI is InChI=1S/C15H15N3O4S3/c19-14-5-3-12(17-18-14)13-4-6-15(24-13)25(20,21)16-7-9-23-10-11-2-1-8-22-11/h1-6,8,16H,7,9-10H2,(H,18,19). The molecule has 0 aliphatic rings. The molecular weight excluding hydrogens is 382 g/mol. The third-order valence-electron chi connectivity index (χ3n) is 3.14. The van der Waals surface area contributed by atoms with E-state index in [1.54, 1.807) is 30.2 Å². The lowest BCUT2D eigenvalue weighted by atomic mass is 10.3. The third-order valence-corrected chi connectivity index (χ3v) is 7.18. The number of nitrogens with one attached hydrogen (secondary N) is 2. The van der Waals surface area contributed by atoms with Gasteiger partial charge in [0, 0.05) is 18.4 Å². The van der Waals surface area contributed by atoms with E-state index in [4.69, 9.17) is 4.42 Å². The third kappa shape index (κ3) is 4.82. The van der Waals surface area contributed by atoms with Gasteiger partial charge in [-0.1, -0.05) is 0 Å². The Bertz CT molecular complexity index is 957. The van der Waals surface area contributed by atoms with Crippen molar-refractivity contribution in [3.05, 3.63) is 58.8 Å². The number of thioether (sulfide) groups is 1. The molecular formula is C15H15N3O4S3. The van der Waals surface area contributed by atoms with E-state index in [2.05, 4.69) is 14.9 Å². The minimum atomic E-state index is -3.56. The number of aromatic nitrogens is 2. The fourth-order valence-electron chi connectivity index (χ4n) is 1.97. The van der Waals surface area contributed by atoms with E-state index in [0.717, 1.165) is 17.1 Å². The zero-order valence-electron chi connectivity index (χ0n) is 13.0. The first kappa shape index (κ1) is 17.9. The predicted octanol–water partition coefficient (Wildman–Crippen LogP) is 2.30. The summed E-state index contributed by atoms with van der Waals surface area (Å²) in [7, 11) is -3.56.